The van der Waals surface area contributed by atoms with E-state index in [4.69, 9.17) is 4.74 Å². The highest BCUT2D eigenvalue weighted by molar-refractivity contribution is 5.94. The lowest BCUT2D eigenvalue weighted by Gasteiger charge is -2.20. The molecule has 1 amide bonds. The number of amides is 1. The van der Waals surface area contributed by atoms with Crippen molar-refractivity contribution in [3.8, 4) is 5.75 Å². The number of hydrogen-bond donors (Lipinski definition) is 1. The number of anilines is 1. The third-order valence-electron chi connectivity index (χ3n) is 4.33. The van der Waals surface area contributed by atoms with Gasteiger partial charge in [-0.25, -0.2) is 0 Å². The van der Waals surface area contributed by atoms with Crippen LogP contribution in [0.1, 0.15) is 48.9 Å². The molecule has 0 fully saturated rings. The number of benzene rings is 2. The first-order valence-electron chi connectivity index (χ1n) is 8.44. The van der Waals surface area contributed by atoms with Crippen LogP contribution in [0, 0.1) is 20.8 Å². The smallest absolute Gasteiger partial charge is 0.265 e. The quantitative estimate of drug-likeness (QED) is 0.826. The van der Waals surface area contributed by atoms with Crippen LogP contribution in [0.15, 0.2) is 36.4 Å². The lowest BCUT2D eigenvalue weighted by molar-refractivity contribution is -0.122. The van der Waals surface area contributed by atoms with Crippen molar-refractivity contribution >= 4 is 11.6 Å². The molecule has 2 aromatic rings. The fourth-order valence-electron chi connectivity index (χ4n) is 2.59. The van der Waals surface area contributed by atoms with Gasteiger partial charge in [0.2, 0.25) is 0 Å². The minimum atomic E-state index is -0.566. The molecule has 2 rings (SSSR count). The maximum atomic E-state index is 12.5. The molecule has 0 spiro atoms. The van der Waals surface area contributed by atoms with Gasteiger partial charge in [-0.2, -0.15) is 0 Å². The average Bonchev–Trinajstić information content (AvgIpc) is 2.51. The monoisotopic (exact) mass is 325 g/mol. The van der Waals surface area contributed by atoms with E-state index in [1.165, 1.54) is 0 Å². The maximum Gasteiger partial charge on any atom is 0.265 e. The van der Waals surface area contributed by atoms with Gasteiger partial charge >= 0.3 is 0 Å². The van der Waals surface area contributed by atoms with Crippen molar-refractivity contribution in [2.24, 2.45) is 0 Å². The van der Waals surface area contributed by atoms with Gasteiger partial charge in [-0.1, -0.05) is 38.1 Å². The number of nitrogens with one attached hydrogen (secondary N) is 1. The van der Waals surface area contributed by atoms with E-state index < -0.39 is 6.10 Å². The molecule has 3 nitrogen and oxygen atoms in total. The summed E-state index contributed by atoms with van der Waals surface area (Å²) in [4.78, 5) is 12.5. The summed E-state index contributed by atoms with van der Waals surface area (Å²) in [6.07, 6.45) is -0.566. The molecule has 0 saturated carbocycles. The minimum Gasteiger partial charge on any atom is -0.481 e. The fourth-order valence-corrected chi connectivity index (χ4v) is 2.59. The van der Waals surface area contributed by atoms with Crippen LogP contribution in [0.25, 0.3) is 0 Å². The Balaban J connectivity index is 2.15. The Morgan fingerprint density at radius 1 is 1.04 bits per heavy atom. The molecule has 1 N–H and O–H groups in total. The Kier molecular flexibility index (Phi) is 5.66. The van der Waals surface area contributed by atoms with Crippen molar-refractivity contribution in [2.75, 3.05) is 5.32 Å². The molecule has 1 atom stereocenters. The number of aryl methyl sites for hydroxylation is 2. The van der Waals surface area contributed by atoms with Crippen LogP contribution < -0.4 is 10.1 Å². The molecule has 2 aromatic carbocycles. The van der Waals surface area contributed by atoms with E-state index >= 15 is 0 Å². The van der Waals surface area contributed by atoms with Gasteiger partial charge < -0.3 is 10.1 Å². The highest BCUT2D eigenvalue weighted by Gasteiger charge is 2.18. The lowest BCUT2D eigenvalue weighted by Crippen LogP contribution is -2.30. The molecule has 128 valence electrons. The molecule has 0 heterocycles. The van der Waals surface area contributed by atoms with Crippen molar-refractivity contribution in [2.45, 2.75) is 53.6 Å². The van der Waals surface area contributed by atoms with Crippen molar-refractivity contribution in [1.82, 2.24) is 0 Å². The Morgan fingerprint density at radius 2 is 1.75 bits per heavy atom. The van der Waals surface area contributed by atoms with Gasteiger partial charge in [0, 0.05) is 5.69 Å². The van der Waals surface area contributed by atoms with E-state index in [0.29, 0.717) is 5.92 Å². The van der Waals surface area contributed by atoms with Gasteiger partial charge in [0.25, 0.3) is 5.91 Å². The Morgan fingerprint density at radius 3 is 2.42 bits per heavy atom. The van der Waals surface area contributed by atoms with E-state index in [9.17, 15) is 4.79 Å². The standard InChI is InChI=1S/C21H27NO2/c1-13(2)18-11-10-14(3)12-20(18)24-17(6)21(23)22-19-9-7-8-15(4)16(19)5/h7-13,17H,1-6H3,(H,22,23)/t17-/m1/s1. The highest BCUT2D eigenvalue weighted by atomic mass is 16.5. The van der Waals surface area contributed by atoms with Gasteiger partial charge in [-0.3, -0.25) is 4.79 Å². The third kappa shape index (κ3) is 4.16. The van der Waals surface area contributed by atoms with Crippen molar-refractivity contribution < 1.29 is 9.53 Å². The van der Waals surface area contributed by atoms with Crippen molar-refractivity contribution in [3.63, 3.8) is 0 Å². The molecule has 24 heavy (non-hydrogen) atoms. The molecule has 0 saturated heterocycles. The van der Waals surface area contributed by atoms with Crippen LogP contribution in [0.2, 0.25) is 0 Å². The lowest BCUT2D eigenvalue weighted by atomic mass is 10.0. The minimum absolute atomic E-state index is 0.139. The second-order valence-electron chi connectivity index (χ2n) is 6.69. The predicted octanol–water partition coefficient (Wildman–Crippen LogP) is 5.14. The molecule has 0 unspecified atom stereocenters. The number of hydrogen-bond acceptors (Lipinski definition) is 2. The van der Waals surface area contributed by atoms with Crippen LogP contribution in [0.3, 0.4) is 0 Å². The summed E-state index contributed by atoms with van der Waals surface area (Å²) in [6.45, 7) is 12.1. The zero-order valence-corrected chi connectivity index (χ0v) is 15.4. The second kappa shape index (κ2) is 7.52. The second-order valence-corrected chi connectivity index (χ2v) is 6.69. The first-order chi connectivity index (χ1) is 11.3. The maximum absolute atomic E-state index is 12.5. The van der Waals surface area contributed by atoms with E-state index in [1.54, 1.807) is 6.92 Å². The molecule has 0 aliphatic rings. The van der Waals surface area contributed by atoms with Gasteiger partial charge in [0.1, 0.15) is 5.75 Å². The van der Waals surface area contributed by atoms with E-state index in [-0.39, 0.29) is 5.91 Å². The zero-order chi connectivity index (χ0) is 17.9. The average molecular weight is 325 g/mol. The van der Waals surface area contributed by atoms with Crippen molar-refractivity contribution in [1.29, 1.82) is 0 Å². The van der Waals surface area contributed by atoms with E-state index in [1.807, 2.05) is 45.0 Å². The molecule has 0 aromatic heterocycles. The first-order valence-corrected chi connectivity index (χ1v) is 8.44. The summed E-state index contributed by atoms with van der Waals surface area (Å²) in [5.74, 6) is 0.989. The summed E-state index contributed by atoms with van der Waals surface area (Å²) in [6, 6.07) is 12.0. The topological polar surface area (TPSA) is 38.3 Å². The third-order valence-corrected chi connectivity index (χ3v) is 4.33. The van der Waals surface area contributed by atoms with Crippen LogP contribution in [0.5, 0.6) is 5.75 Å². The molecular formula is C21H27NO2. The number of carbonyl (C=O) groups excluding carboxylic acids is 1. The predicted molar refractivity (Wildman–Crippen MR) is 99.9 cm³/mol. The first kappa shape index (κ1) is 18.1. The van der Waals surface area contributed by atoms with E-state index in [0.717, 1.165) is 33.7 Å². The summed E-state index contributed by atoms with van der Waals surface area (Å²) in [5.41, 5.74) is 5.31. The Bertz CT molecular complexity index is 735. The Hall–Kier alpha value is -2.29. The molecule has 3 heteroatoms. The van der Waals surface area contributed by atoms with Crippen molar-refractivity contribution in [3.05, 3.63) is 58.7 Å². The van der Waals surface area contributed by atoms with Gasteiger partial charge in [0.15, 0.2) is 6.10 Å². The van der Waals surface area contributed by atoms with Gasteiger partial charge in [-0.05, 0) is 68.0 Å². The van der Waals surface area contributed by atoms with E-state index in [2.05, 4.69) is 31.3 Å². The molecule has 0 radical (unpaired) electrons. The molecule has 0 bridgehead atoms. The van der Waals surface area contributed by atoms with Crippen LogP contribution in [-0.2, 0) is 4.79 Å². The SMILES string of the molecule is Cc1ccc(C(C)C)c(O[C@H](C)C(=O)Nc2cccc(C)c2C)c1. The summed E-state index contributed by atoms with van der Waals surface area (Å²) < 4.78 is 5.98. The van der Waals surface area contributed by atoms with Gasteiger partial charge in [0.05, 0.1) is 0 Å². The Labute approximate surface area is 145 Å². The number of carbonyl (C=O) groups is 1. The molecule has 0 aliphatic carbocycles. The summed E-state index contributed by atoms with van der Waals surface area (Å²) in [5, 5.41) is 2.97. The largest absolute Gasteiger partial charge is 0.481 e. The number of ether oxygens (including phenoxy) is 1. The van der Waals surface area contributed by atoms with Gasteiger partial charge in [-0.15, -0.1) is 0 Å². The zero-order valence-electron chi connectivity index (χ0n) is 15.4. The van der Waals surface area contributed by atoms with Crippen LogP contribution in [0.4, 0.5) is 5.69 Å². The molecule has 0 aliphatic heterocycles. The number of rotatable bonds is 5. The van der Waals surface area contributed by atoms with Crippen LogP contribution >= 0.6 is 0 Å². The summed E-state index contributed by atoms with van der Waals surface area (Å²) in [7, 11) is 0. The fraction of sp³-hybridized carbons (Fsp3) is 0.381. The molecular weight excluding hydrogens is 298 g/mol. The normalized spacial score (nSPS) is 12.1. The van der Waals surface area contributed by atoms with Crippen LogP contribution in [-0.4, -0.2) is 12.0 Å². The summed E-state index contributed by atoms with van der Waals surface area (Å²) >= 11 is 0. The highest BCUT2D eigenvalue weighted by Crippen LogP contribution is 2.28.